The Balaban J connectivity index is 0.00000408. The number of carbonyl (C=O) groups excluding carboxylic acids is 2. The van der Waals surface area contributed by atoms with E-state index in [0.717, 1.165) is 27.8 Å². The molecule has 0 aliphatic carbocycles. The van der Waals surface area contributed by atoms with Gasteiger partial charge in [-0.05, 0) is 62.7 Å². The lowest BCUT2D eigenvalue weighted by atomic mass is 10.1. The van der Waals surface area contributed by atoms with E-state index in [4.69, 9.17) is 14.2 Å². The monoisotopic (exact) mass is 484 g/mol. The molecule has 1 N–H and O–H groups in total. The van der Waals surface area contributed by atoms with Crippen molar-refractivity contribution >= 4 is 41.1 Å². The minimum Gasteiger partial charge on any atom is -0.497 e. The van der Waals surface area contributed by atoms with Gasteiger partial charge in [-0.2, -0.15) is 0 Å². The Morgan fingerprint density at radius 3 is 2.35 bits per heavy atom. The fourth-order valence-electron chi connectivity index (χ4n) is 3.24. The molecule has 0 fully saturated rings. The maximum atomic E-state index is 11.9. The number of fused-ring (bicyclic) bond motifs is 1. The van der Waals surface area contributed by atoms with Crippen LogP contribution < -0.4 is 19.5 Å². The lowest BCUT2D eigenvalue weighted by Crippen LogP contribution is -2.23. The number of rotatable bonds is 9. The number of carbonyl (C=O) groups is 2. The third-order valence-corrected chi connectivity index (χ3v) is 4.89. The van der Waals surface area contributed by atoms with Crippen LogP contribution in [0.4, 0.5) is 0 Å². The lowest BCUT2D eigenvalue weighted by Gasteiger charge is -2.17. The van der Waals surface area contributed by atoms with Gasteiger partial charge >= 0.3 is 0 Å². The average molecular weight is 485 g/mol. The van der Waals surface area contributed by atoms with Gasteiger partial charge in [0.2, 0.25) is 0 Å². The molecule has 0 unspecified atom stereocenters. The number of hydrogen-bond acceptors (Lipinski definition) is 6. The molecule has 0 aliphatic rings. The van der Waals surface area contributed by atoms with Gasteiger partial charge in [-0.1, -0.05) is 12.1 Å². The highest BCUT2D eigenvalue weighted by atomic mass is 35.5. The van der Waals surface area contributed by atoms with E-state index < -0.39 is 5.91 Å². The topological polar surface area (TPSA) is 86.8 Å². The number of likely N-dealkylation sites (N-methyl/N-ethyl adjacent to an activating group) is 1. The largest absolute Gasteiger partial charge is 0.497 e. The zero-order valence-electron chi connectivity index (χ0n) is 19.9. The first-order chi connectivity index (χ1) is 15.8. The van der Waals surface area contributed by atoms with Gasteiger partial charge in [0.1, 0.15) is 23.9 Å². The summed E-state index contributed by atoms with van der Waals surface area (Å²) in [5, 5.41) is 3.33. The molecule has 7 nitrogen and oxygen atoms in total. The molecule has 0 aliphatic heterocycles. The van der Waals surface area contributed by atoms with Crippen LogP contribution in [0.1, 0.15) is 31.9 Å². The van der Waals surface area contributed by atoms with E-state index in [-0.39, 0.29) is 36.5 Å². The second-order valence-electron chi connectivity index (χ2n) is 7.71. The molecule has 34 heavy (non-hydrogen) atoms. The average Bonchev–Trinajstić information content (AvgIpc) is 2.81. The number of Topliss-reactive ketones (excluding diaryl/α,β-unsaturated/α-hetero) is 1. The number of nitrogens with zero attached hydrogens (tertiary/aromatic N) is 1. The van der Waals surface area contributed by atoms with Crippen molar-refractivity contribution in [2.45, 2.75) is 33.5 Å². The molecule has 0 saturated heterocycles. The van der Waals surface area contributed by atoms with Gasteiger partial charge in [0, 0.05) is 18.6 Å². The van der Waals surface area contributed by atoms with Gasteiger partial charge in [0.25, 0.3) is 5.91 Å². The van der Waals surface area contributed by atoms with Crippen molar-refractivity contribution in [1.29, 1.82) is 0 Å². The van der Waals surface area contributed by atoms with Crippen molar-refractivity contribution in [2.24, 2.45) is 0 Å². The van der Waals surface area contributed by atoms with Crippen molar-refractivity contribution < 1.29 is 23.8 Å². The Morgan fingerprint density at radius 2 is 1.76 bits per heavy atom. The second kappa shape index (κ2) is 12.0. The van der Waals surface area contributed by atoms with Gasteiger partial charge in [0.15, 0.2) is 5.78 Å². The van der Waals surface area contributed by atoms with Crippen LogP contribution in [0, 0.1) is 0 Å². The molecule has 1 amide bonds. The van der Waals surface area contributed by atoms with Crippen LogP contribution in [0.25, 0.3) is 17.0 Å². The van der Waals surface area contributed by atoms with Crippen LogP contribution in [0.5, 0.6) is 17.2 Å². The van der Waals surface area contributed by atoms with Crippen LogP contribution in [0.15, 0.2) is 54.2 Å². The summed E-state index contributed by atoms with van der Waals surface area (Å²) in [4.78, 5) is 28.1. The summed E-state index contributed by atoms with van der Waals surface area (Å²) < 4.78 is 17.5. The minimum absolute atomic E-state index is 0. The van der Waals surface area contributed by atoms with Crippen LogP contribution >= 0.6 is 12.4 Å². The number of amides is 1. The molecule has 180 valence electrons. The third-order valence-electron chi connectivity index (χ3n) is 4.89. The summed E-state index contributed by atoms with van der Waals surface area (Å²) in [7, 11) is 3.11. The van der Waals surface area contributed by atoms with E-state index in [0.29, 0.717) is 11.5 Å². The van der Waals surface area contributed by atoms with E-state index in [2.05, 4.69) is 10.3 Å². The Labute approximate surface area is 205 Å². The molecule has 0 spiro atoms. The van der Waals surface area contributed by atoms with Crippen molar-refractivity contribution in [3.63, 3.8) is 0 Å². The predicted molar refractivity (Wildman–Crippen MR) is 135 cm³/mol. The van der Waals surface area contributed by atoms with Crippen molar-refractivity contribution in [1.82, 2.24) is 10.3 Å². The fourth-order valence-corrected chi connectivity index (χ4v) is 3.24. The Bertz CT molecular complexity index is 1190. The maximum absolute atomic E-state index is 11.9. The molecular formula is C26H29ClN2O5. The molecule has 3 rings (SSSR count). The number of halogens is 1. The molecule has 1 aromatic heterocycles. The van der Waals surface area contributed by atoms with E-state index in [9.17, 15) is 9.59 Å². The number of aromatic nitrogens is 1. The lowest BCUT2D eigenvalue weighted by molar-refractivity contribution is -0.121. The smallest absolute Gasteiger partial charge is 0.254 e. The van der Waals surface area contributed by atoms with E-state index in [1.54, 1.807) is 43.6 Å². The minimum atomic E-state index is -0.416. The first kappa shape index (κ1) is 26.7. The van der Waals surface area contributed by atoms with Crippen molar-refractivity contribution in [3.8, 4) is 17.2 Å². The van der Waals surface area contributed by atoms with E-state index in [1.807, 2.05) is 32.0 Å². The van der Waals surface area contributed by atoms with E-state index >= 15 is 0 Å². The van der Waals surface area contributed by atoms with Gasteiger partial charge < -0.3 is 19.5 Å². The number of pyridine rings is 1. The molecule has 2 aromatic carbocycles. The summed E-state index contributed by atoms with van der Waals surface area (Å²) in [6.07, 6.45) is 3.29. The molecular weight excluding hydrogens is 456 g/mol. The normalized spacial score (nSPS) is 11.1. The maximum Gasteiger partial charge on any atom is 0.254 e. The quantitative estimate of drug-likeness (QED) is 0.268. The Hall–Kier alpha value is -3.58. The number of ketones is 1. The zero-order chi connectivity index (χ0) is 24.0. The number of hydrogen-bond donors (Lipinski definition) is 1. The number of methoxy groups -OCH3 is 1. The van der Waals surface area contributed by atoms with E-state index in [1.165, 1.54) is 14.0 Å². The molecule has 0 atom stereocenters. The van der Waals surface area contributed by atoms with Crippen molar-refractivity contribution in [3.05, 3.63) is 65.4 Å². The number of nitrogens with one attached hydrogen (secondary N) is 1. The Morgan fingerprint density at radius 1 is 1.09 bits per heavy atom. The first-order valence-electron chi connectivity index (χ1n) is 10.6. The highest BCUT2D eigenvalue weighted by Gasteiger charge is 2.15. The van der Waals surface area contributed by atoms with Crippen molar-refractivity contribution in [2.75, 3.05) is 14.2 Å². The number of benzene rings is 2. The number of ether oxygens (including phenoxy) is 3. The molecule has 3 aromatic rings. The molecule has 8 heteroatoms. The van der Waals surface area contributed by atoms with Crippen LogP contribution in [0.3, 0.4) is 0 Å². The predicted octanol–water partition coefficient (Wildman–Crippen LogP) is 4.75. The van der Waals surface area contributed by atoms with Gasteiger partial charge in [0.05, 0.1) is 29.9 Å². The summed E-state index contributed by atoms with van der Waals surface area (Å²) in [5.41, 5.74) is 2.44. The SMILES string of the molecule is CNC(=O)C(=Cc1ccc(OCc2cnc3ccc(OC)cc3c2OC(C)C)cc1)C(C)=O.Cl. The highest BCUT2D eigenvalue weighted by Crippen LogP contribution is 2.33. The van der Waals surface area contributed by atoms with Gasteiger partial charge in [-0.3, -0.25) is 14.6 Å². The fraction of sp³-hybridized carbons (Fsp3) is 0.269. The summed E-state index contributed by atoms with van der Waals surface area (Å²) in [6, 6.07) is 12.8. The standard InChI is InChI=1S/C26H28N2O5.ClH/c1-16(2)33-25-19(14-28-24-11-10-21(31-5)13-23(24)25)15-32-20-8-6-18(7-9-20)12-22(17(3)29)26(30)27-4;/h6-14,16H,15H2,1-5H3,(H,27,30);1H. The molecule has 0 bridgehead atoms. The molecule has 1 heterocycles. The van der Waals surface area contributed by atoms with Gasteiger partial charge in [-0.15, -0.1) is 12.4 Å². The summed E-state index contributed by atoms with van der Waals surface area (Å²) in [5.74, 6) is 1.36. The Kier molecular flexibility index (Phi) is 9.45. The van der Waals surface area contributed by atoms with Gasteiger partial charge in [-0.25, -0.2) is 0 Å². The summed E-state index contributed by atoms with van der Waals surface area (Å²) in [6.45, 7) is 5.56. The third kappa shape index (κ3) is 6.48. The first-order valence-corrected chi connectivity index (χ1v) is 10.6. The second-order valence-corrected chi connectivity index (χ2v) is 7.71. The van der Waals surface area contributed by atoms with Crippen LogP contribution in [-0.4, -0.2) is 36.9 Å². The molecule has 0 radical (unpaired) electrons. The molecule has 0 saturated carbocycles. The van der Waals surface area contributed by atoms with Crippen LogP contribution in [0.2, 0.25) is 0 Å². The zero-order valence-corrected chi connectivity index (χ0v) is 20.7. The summed E-state index contributed by atoms with van der Waals surface area (Å²) >= 11 is 0. The highest BCUT2D eigenvalue weighted by molar-refractivity contribution is 6.21. The van der Waals surface area contributed by atoms with Crippen LogP contribution in [-0.2, 0) is 16.2 Å².